The van der Waals surface area contributed by atoms with Gasteiger partial charge >= 0.3 is 0 Å². The van der Waals surface area contributed by atoms with Crippen LogP contribution in [0.1, 0.15) is 11.3 Å². The number of carbonyl (C=O) groups excluding carboxylic acids is 1. The molecule has 0 atom stereocenters. The van der Waals surface area contributed by atoms with Crippen LogP contribution >= 0.6 is 0 Å². The van der Waals surface area contributed by atoms with Crippen LogP contribution in [0.15, 0.2) is 61.1 Å². The fourth-order valence-electron chi connectivity index (χ4n) is 3.88. The molecule has 0 spiro atoms. The molecule has 1 fully saturated rings. The third-order valence-electron chi connectivity index (χ3n) is 5.43. The van der Waals surface area contributed by atoms with Crippen molar-refractivity contribution in [1.82, 2.24) is 19.4 Å². The van der Waals surface area contributed by atoms with Crippen molar-refractivity contribution in [2.75, 3.05) is 29.4 Å². The highest BCUT2D eigenvalue weighted by molar-refractivity contribution is 5.97. The minimum Gasteiger partial charge on any atom is -0.345 e. The molecule has 30 heavy (non-hydrogen) atoms. The summed E-state index contributed by atoms with van der Waals surface area (Å²) < 4.78 is 1.97. The largest absolute Gasteiger partial charge is 0.345 e. The van der Waals surface area contributed by atoms with Crippen LogP contribution in [0.25, 0.3) is 17.0 Å². The second-order valence-electron chi connectivity index (χ2n) is 7.56. The summed E-state index contributed by atoms with van der Waals surface area (Å²) in [5.41, 5.74) is 4.73. The number of nitrogens with zero attached hydrogens (tertiary/aromatic N) is 6. The quantitative estimate of drug-likeness (QED) is 0.530. The Morgan fingerprint density at radius 1 is 1.00 bits per heavy atom. The van der Waals surface area contributed by atoms with E-state index in [2.05, 4.69) is 9.97 Å². The summed E-state index contributed by atoms with van der Waals surface area (Å²) in [5, 5.41) is 0. The number of fused-ring (bicyclic) bond motifs is 1. The Bertz CT molecular complexity index is 1230. The first-order valence-electron chi connectivity index (χ1n) is 9.98. The van der Waals surface area contributed by atoms with Gasteiger partial charge in [0.25, 0.3) is 0 Å². The van der Waals surface area contributed by atoms with Crippen molar-refractivity contribution in [2.24, 2.45) is 0 Å². The van der Waals surface area contributed by atoms with Crippen molar-refractivity contribution in [3.8, 4) is 11.4 Å². The van der Waals surface area contributed by atoms with Crippen molar-refractivity contribution < 1.29 is 4.79 Å². The van der Waals surface area contributed by atoms with Crippen LogP contribution in [0.3, 0.4) is 0 Å². The summed E-state index contributed by atoms with van der Waals surface area (Å²) in [6.07, 6.45) is 5.70. The number of amides is 1. The van der Waals surface area contributed by atoms with E-state index in [0.717, 1.165) is 40.5 Å². The summed E-state index contributed by atoms with van der Waals surface area (Å²) in [4.78, 5) is 30.5. The van der Waals surface area contributed by atoms with Gasteiger partial charge in [-0.3, -0.25) is 4.79 Å². The zero-order chi connectivity index (χ0) is 20.7. The van der Waals surface area contributed by atoms with Crippen molar-refractivity contribution >= 4 is 23.1 Å². The molecule has 4 heterocycles. The predicted octanol–water partition coefficient (Wildman–Crippen LogP) is 3.26. The molecule has 1 aliphatic rings. The van der Waals surface area contributed by atoms with E-state index in [4.69, 9.17) is 4.98 Å². The van der Waals surface area contributed by atoms with Gasteiger partial charge in [-0.2, -0.15) is 0 Å². The molecular weight excluding hydrogens is 376 g/mol. The summed E-state index contributed by atoms with van der Waals surface area (Å²) in [5.74, 6) is 1.51. The SMILES string of the molecule is Cc1cc(N2CCN(c3ccccc3)C(=O)C2)nc(-c2cn3ccnc3cc2C)n1. The van der Waals surface area contributed by atoms with E-state index in [1.807, 2.05) is 82.9 Å². The van der Waals surface area contributed by atoms with Crippen LogP contribution in [0.5, 0.6) is 0 Å². The van der Waals surface area contributed by atoms with Crippen molar-refractivity contribution in [3.05, 3.63) is 72.3 Å². The van der Waals surface area contributed by atoms with Gasteiger partial charge in [0.1, 0.15) is 11.5 Å². The van der Waals surface area contributed by atoms with Gasteiger partial charge in [0, 0.05) is 54.7 Å². The molecule has 7 nitrogen and oxygen atoms in total. The number of hydrogen-bond acceptors (Lipinski definition) is 5. The molecule has 7 heteroatoms. The summed E-state index contributed by atoms with van der Waals surface area (Å²) in [7, 11) is 0. The maximum atomic E-state index is 12.8. The monoisotopic (exact) mass is 398 g/mol. The van der Waals surface area contributed by atoms with Gasteiger partial charge in [-0.25, -0.2) is 15.0 Å². The molecule has 0 unspecified atom stereocenters. The van der Waals surface area contributed by atoms with E-state index in [1.165, 1.54) is 0 Å². The van der Waals surface area contributed by atoms with Gasteiger partial charge in [-0.1, -0.05) is 18.2 Å². The number of carbonyl (C=O) groups is 1. The van der Waals surface area contributed by atoms with Crippen molar-refractivity contribution in [3.63, 3.8) is 0 Å². The zero-order valence-corrected chi connectivity index (χ0v) is 17.0. The molecule has 0 N–H and O–H groups in total. The van der Waals surface area contributed by atoms with Crippen molar-refractivity contribution in [2.45, 2.75) is 13.8 Å². The molecule has 1 aromatic carbocycles. The fraction of sp³-hybridized carbons (Fsp3) is 0.217. The lowest BCUT2D eigenvalue weighted by Crippen LogP contribution is -2.51. The minimum absolute atomic E-state index is 0.0706. The Kier molecular flexibility index (Phi) is 4.43. The first-order valence-corrected chi connectivity index (χ1v) is 9.98. The van der Waals surface area contributed by atoms with E-state index in [-0.39, 0.29) is 5.91 Å². The molecule has 0 bridgehead atoms. The van der Waals surface area contributed by atoms with Gasteiger partial charge in [-0.15, -0.1) is 0 Å². The van der Waals surface area contributed by atoms with Crippen LogP contribution in [0.2, 0.25) is 0 Å². The van der Waals surface area contributed by atoms with E-state index in [9.17, 15) is 4.79 Å². The third kappa shape index (κ3) is 3.28. The average molecular weight is 398 g/mol. The number of aryl methyl sites for hydroxylation is 2. The lowest BCUT2D eigenvalue weighted by molar-refractivity contribution is -0.117. The topological polar surface area (TPSA) is 66.6 Å². The highest BCUT2D eigenvalue weighted by atomic mass is 16.2. The number of anilines is 2. The van der Waals surface area contributed by atoms with Crippen LogP contribution < -0.4 is 9.80 Å². The van der Waals surface area contributed by atoms with Gasteiger partial charge in [0.05, 0.1) is 6.54 Å². The Morgan fingerprint density at radius 2 is 1.83 bits per heavy atom. The minimum atomic E-state index is 0.0706. The molecule has 4 aromatic rings. The fourth-order valence-corrected chi connectivity index (χ4v) is 3.88. The second-order valence-corrected chi connectivity index (χ2v) is 7.56. The summed E-state index contributed by atoms with van der Waals surface area (Å²) in [6.45, 7) is 5.64. The van der Waals surface area contributed by atoms with E-state index in [0.29, 0.717) is 18.9 Å². The molecular formula is C23H22N6O. The lowest BCUT2D eigenvalue weighted by Gasteiger charge is -2.35. The molecule has 5 rings (SSSR count). The van der Waals surface area contributed by atoms with Crippen molar-refractivity contribution in [1.29, 1.82) is 0 Å². The van der Waals surface area contributed by atoms with Crippen LogP contribution in [0, 0.1) is 13.8 Å². The zero-order valence-electron chi connectivity index (χ0n) is 17.0. The molecule has 0 radical (unpaired) electrons. The molecule has 1 aliphatic heterocycles. The summed E-state index contributed by atoms with van der Waals surface area (Å²) in [6, 6.07) is 13.8. The number of piperazine rings is 1. The first-order chi connectivity index (χ1) is 14.6. The normalized spacial score (nSPS) is 14.5. The standard InChI is InChI=1S/C23H22N6O/c1-16-12-20-24-8-9-27(20)14-19(16)23-25-17(2)13-21(26-23)28-10-11-29(22(30)15-28)18-6-4-3-5-7-18/h3-9,12-14H,10-11,15H2,1-2H3. The molecule has 150 valence electrons. The Balaban J connectivity index is 1.45. The van der Waals surface area contributed by atoms with Crippen LogP contribution in [0.4, 0.5) is 11.5 Å². The van der Waals surface area contributed by atoms with Gasteiger partial charge in [0.2, 0.25) is 5.91 Å². The molecule has 0 aliphatic carbocycles. The van der Waals surface area contributed by atoms with E-state index < -0.39 is 0 Å². The lowest BCUT2D eigenvalue weighted by atomic mass is 10.1. The number of pyridine rings is 1. The average Bonchev–Trinajstić information content (AvgIpc) is 3.20. The summed E-state index contributed by atoms with van der Waals surface area (Å²) >= 11 is 0. The van der Waals surface area contributed by atoms with Crippen LogP contribution in [-0.4, -0.2) is 44.9 Å². The van der Waals surface area contributed by atoms with E-state index >= 15 is 0 Å². The Labute approximate surface area is 174 Å². The van der Waals surface area contributed by atoms with E-state index in [1.54, 1.807) is 6.20 Å². The van der Waals surface area contributed by atoms with Gasteiger partial charge in [0.15, 0.2) is 5.82 Å². The number of benzene rings is 1. The number of para-hydroxylation sites is 1. The number of aromatic nitrogens is 4. The Morgan fingerprint density at radius 3 is 2.63 bits per heavy atom. The highest BCUT2D eigenvalue weighted by Gasteiger charge is 2.26. The predicted molar refractivity (Wildman–Crippen MR) is 117 cm³/mol. The molecule has 1 saturated heterocycles. The third-order valence-corrected chi connectivity index (χ3v) is 5.43. The first kappa shape index (κ1) is 18.3. The number of imidazole rings is 1. The molecule has 0 saturated carbocycles. The maximum absolute atomic E-state index is 12.8. The molecule has 3 aromatic heterocycles. The Hall–Kier alpha value is -3.74. The smallest absolute Gasteiger partial charge is 0.246 e. The number of hydrogen-bond donors (Lipinski definition) is 0. The van der Waals surface area contributed by atoms with Crippen LogP contribution in [-0.2, 0) is 4.79 Å². The molecule has 1 amide bonds. The van der Waals surface area contributed by atoms with Gasteiger partial charge in [-0.05, 0) is 37.6 Å². The number of rotatable bonds is 3. The maximum Gasteiger partial charge on any atom is 0.246 e. The second kappa shape index (κ2) is 7.26. The highest BCUT2D eigenvalue weighted by Crippen LogP contribution is 2.26. The van der Waals surface area contributed by atoms with Gasteiger partial charge < -0.3 is 14.2 Å².